The summed E-state index contributed by atoms with van der Waals surface area (Å²) in [6.45, 7) is 39.4. The number of amides is 2. The first-order valence-corrected chi connectivity index (χ1v) is 34.3. The molecule has 0 aliphatic heterocycles. The Balaban J connectivity index is 0.755. The van der Waals surface area contributed by atoms with Crippen LogP contribution in [0, 0.1) is 100 Å². The highest BCUT2D eigenvalue weighted by Crippen LogP contribution is 2.78. The maximum Gasteiger partial charge on any atom is 0.302 e. The first-order chi connectivity index (χ1) is 36.2. The monoisotopic (exact) mass is 1110 g/mol. The molecule has 0 spiro atoms. The molecule has 2 N–H and O–H groups in total. The number of hydrogen-bond donors (Lipinski definition) is 2. The molecule has 8 fully saturated rings. The van der Waals surface area contributed by atoms with Crippen LogP contribution in [0.2, 0.25) is 0 Å². The SMILES string of the molecule is CC(=O)O[C@H]1CC[C@@]2(C)C(CC[C@]3(C)C2CC=C2C4CC(C)(C)CC[C@]4(C(=O)NCCSSCCNC(=O)[C@]45CCC(C)(C)CC4C4=CCC6[C@@]7(C)CC[C@H](OC(C)=O)C(C)(C)C7CC[C@@]6(C)[C@]4(C)CC5)CC[C@]23C)C1(C)C. The van der Waals surface area contributed by atoms with Crippen LogP contribution in [0.3, 0.4) is 0 Å². The van der Waals surface area contributed by atoms with Gasteiger partial charge in [0.05, 0.1) is 10.8 Å². The Morgan fingerprint density at radius 3 is 1.19 bits per heavy atom. The molecule has 0 aromatic heterocycles. The Hall–Kier alpha value is -1.94. The summed E-state index contributed by atoms with van der Waals surface area (Å²) >= 11 is 0. The number of rotatable bonds is 11. The van der Waals surface area contributed by atoms with Crippen LogP contribution in [-0.4, -0.2) is 60.6 Å². The van der Waals surface area contributed by atoms with Crippen molar-refractivity contribution < 1.29 is 28.7 Å². The highest BCUT2D eigenvalue weighted by Gasteiger charge is 2.72. The Labute approximate surface area is 481 Å². The zero-order valence-electron chi connectivity index (χ0n) is 52.0. The maximum absolute atomic E-state index is 14.9. The third-order valence-electron chi connectivity index (χ3n) is 27.7. The van der Waals surface area contributed by atoms with E-state index in [1.807, 2.05) is 21.6 Å². The Kier molecular flexibility index (Phi) is 15.1. The van der Waals surface area contributed by atoms with Gasteiger partial charge in [0.15, 0.2) is 0 Å². The number of ether oxygens (including phenoxy) is 2. The van der Waals surface area contributed by atoms with E-state index in [1.54, 1.807) is 25.0 Å². The van der Waals surface area contributed by atoms with Gasteiger partial charge in [-0.25, -0.2) is 0 Å². The molecule has 0 radical (unpaired) electrons. The molecular formula is C68H108N2O6S2. The van der Waals surface area contributed by atoms with E-state index in [1.165, 1.54) is 25.7 Å². The van der Waals surface area contributed by atoms with Crippen molar-refractivity contribution in [3.63, 3.8) is 0 Å². The zero-order chi connectivity index (χ0) is 56.7. The van der Waals surface area contributed by atoms with Gasteiger partial charge in [-0.3, -0.25) is 19.2 Å². The molecule has 6 unspecified atom stereocenters. The van der Waals surface area contributed by atoms with Gasteiger partial charge >= 0.3 is 11.9 Å². The second-order valence-electron chi connectivity index (χ2n) is 32.8. The predicted molar refractivity (Wildman–Crippen MR) is 320 cm³/mol. The van der Waals surface area contributed by atoms with Gasteiger partial charge in [0, 0.05) is 49.3 Å². The Morgan fingerprint density at radius 1 is 0.474 bits per heavy atom. The normalized spacial score (nSPS) is 46.2. The Bertz CT molecular complexity index is 2300. The lowest BCUT2D eigenvalue weighted by atomic mass is 9.33. The topological polar surface area (TPSA) is 111 Å². The minimum absolute atomic E-state index is 0.0202. The number of carbonyl (C=O) groups is 4. The average molecular weight is 1110 g/mol. The summed E-state index contributed by atoms with van der Waals surface area (Å²) < 4.78 is 12.0. The molecule has 10 aliphatic carbocycles. The lowest BCUT2D eigenvalue weighted by molar-refractivity contribution is -0.212. The molecule has 438 valence electrons. The van der Waals surface area contributed by atoms with E-state index in [0.717, 1.165) is 114 Å². The Morgan fingerprint density at radius 2 is 0.833 bits per heavy atom. The molecule has 10 rings (SSSR count). The van der Waals surface area contributed by atoms with Gasteiger partial charge in [0.1, 0.15) is 12.2 Å². The van der Waals surface area contributed by atoms with Crippen molar-refractivity contribution in [2.24, 2.45) is 100 Å². The summed E-state index contributed by atoms with van der Waals surface area (Å²) in [6.07, 6.45) is 26.6. The number of allylic oxidation sites excluding steroid dienone is 4. The van der Waals surface area contributed by atoms with Crippen molar-refractivity contribution in [1.82, 2.24) is 10.6 Å². The van der Waals surface area contributed by atoms with Crippen molar-refractivity contribution in [2.75, 3.05) is 24.6 Å². The first kappa shape index (κ1) is 59.2. The van der Waals surface area contributed by atoms with E-state index in [2.05, 4.69) is 120 Å². The third kappa shape index (κ3) is 8.87. The van der Waals surface area contributed by atoms with Gasteiger partial charge in [0.25, 0.3) is 0 Å². The molecule has 0 bridgehead atoms. The van der Waals surface area contributed by atoms with Gasteiger partial charge in [0.2, 0.25) is 11.8 Å². The van der Waals surface area contributed by atoms with E-state index in [4.69, 9.17) is 9.47 Å². The van der Waals surface area contributed by atoms with Gasteiger partial charge in [-0.1, -0.05) is 142 Å². The van der Waals surface area contributed by atoms with Gasteiger partial charge in [-0.15, -0.1) is 0 Å². The van der Waals surface area contributed by atoms with Crippen molar-refractivity contribution >= 4 is 45.3 Å². The summed E-state index contributed by atoms with van der Waals surface area (Å²) in [5, 5.41) is 7.10. The van der Waals surface area contributed by atoms with Crippen LogP contribution in [-0.2, 0) is 28.7 Å². The summed E-state index contributed by atoms with van der Waals surface area (Å²) in [6, 6.07) is 0. The predicted octanol–water partition coefficient (Wildman–Crippen LogP) is 16.1. The fourth-order valence-electron chi connectivity index (χ4n) is 23.0. The van der Waals surface area contributed by atoms with Gasteiger partial charge in [-0.2, -0.15) is 0 Å². The molecule has 2 amide bonds. The van der Waals surface area contributed by atoms with Crippen LogP contribution in [0.5, 0.6) is 0 Å². The van der Waals surface area contributed by atoms with E-state index < -0.39 is 0 Å². The number of carbonyl (C=O) groups excluding carboxylic acids is 4. The van der Waals surface area contributed by atoms with E-state index in [0.29, 0.717) is 36.8 Å². The summed E-state index contributed by atoms with van der Waals surface area (Å²) in [4.78, 5) is 54.3. The lowest BCUT2D eigenvalue weighted by Gasteiger charge is -2.71. The fraction of sp³-hybridized carbons (Fsp3) is 0.882. The molecule has 16 atom stereocenters. The fourth-order valence-corrected chi connectivity index (χ4v) is 24.8. The maximum atomic E-state index is 14.9. The van der Waals surface area contributed by atoms with Crippen LogP contribution >= 0.6 is 21.6 Å². The number of hydrogen-bond acceptors (Lipinski definition) is 8. The molecule has 10 heteroatoms. The molecular weight excluding hydrogens is 1000 g/mol. The molecule has 8 nitrogen and oxygen atoms in total. The smallest absolute Gasteiger partial charge is 0.302 e. The molecule has 8 saturated carbocycles. The largest absolute Gasteiger partial charge is 0.462 e. The van der Waals surface area contributed by atoms with Crippen LogP contribution in [0.1, 0.15) is 239 Å². The van der Waals surface area contributed by atoms with E-state index >= 15 is 0 Å². The highest BCUT2D eigenvalue weighted by molar-refractivity contribution is 8.76. The second kappa shape index (κ2) is 19.8. The van der Waals surface area contributed by atoms with Crippen molar-refractivity contribution in [3.05, 3.63) is 23.3 Å². The quantitative estimate of drug-likeness (QED) is 0.0911. The van der Waals surface area contributed by atoms with Gasteiger partial charge in [-0.05, 0) is 207 Å². The molecule has 0 aromatic rings. The average Bonchev–Trinajstić information content (AvgIpc) is 1.88. The summed E-state index contributed by atoms with van der Waals surface area (Å²) in [5.74, 6) is 4.65. The van der Waals surface area contributed by atoms with Crippen LogP contribution in [0.25, 0.3) is 0 Å². The number of fused-ring (bicyclic) bond motifs is 14. The molecule has 0 aromatic carbocycles. The number of esters is 2. The lowest BCUT2D eigenvalue weighted by Crippen LogP contribution is -2.65. The number of nitrogens with one attached hydrogen (secondary N) is 2. The van der Waals surface area contributed by atoms with Crippen molar-refractivity contribution in [2.45, 2.75) is 251 Å². The zero-order valence-corrected chi connectivity index (χ0v) is 53.6. The molecule has 10 aliphatic rings. The molecule has 0 saturated heterocycles. The highest BCUT2D eigenvalue weighted by atomic mass is 33.1. The van der Waals surface area contributed by atoms with Gasteiger partial charge < -0.3 is 20.1 Å². The van der Waals surface area contributed by atoms with Crippen LogP contribution < -0.4 is 10.6 Å². The van der Waals surface area contributed by atoms with E-state index in [9.17, 15) is 19.2 Å². The van der Waals surface area contributed by atoms with Crippen molar-refractivity contribution in [1.29, 1.82) is 0 Å². The summed E-state index contributed by atoms with van der Waals surface area (Å²) in [7, 11) is 3.67. The second-order valence-corrected chi connectivity index (χ2v) is 35.5. The third-order valence-corrected chi connectivity index (χ3v) is 30.1. The summed E-state index contributed by atoms with van der Waals surface area (Å²) in [5.41, 5.74) is 3.54. The van der Waals surface area contributed by atoms with Crippen LogP contribution in [0.15, 0.2) is 23.3 Å². The standard InChI is InChI=1S/C68H108N2O6S2/c1-43(71)75-53-23-25-61(11)49(59(53,7)8)21-27-65(15)51(61)19-17-45-47-41-57(3,4)29-33-67(47,35-31-63(45,65)13)55(73)69-37-39-77-78-40-38-70-56(74)68-34-30-58(5,6)42-48(68)46-18-20-52-62(12)26-24-54(76-44(2)72)60(9,10)50(62)22-28-66(52,16)64(46,14)32-36-68/h17-18,47-54H,19-42H2,1-16H3,(H,69,73)(H,70,74)/t47?,48?,49?,50?,51?,52?,53-,54-,61-,62-,63+,64+,65+,66+,67-,68-/m0/s1. The van der Waals surface area contributed by atoms with E-state index in [-0.39, 0.29) is 113 Å². The van der Waals surface area contributed by atoms with Crippen molar-refractivity contribution in [3.8, 4) is 0 Å². The minimum atomic E-state index is -0.353. The van der Waals surface area contributed by atoms with Crippen LogP contribution in [0.4, 0.5) is 0 Å². The molecule has 0 heterocycles. The first-order valence-electron chi connectivity index (χ1n) is 31.8. The molecule has 78 heavy (non-hydrogen) atoms. The minimum Gasteiger partial charge on any atom is -0.462 e.